The molecule has 1 aromatic rings. The van der Waals surface area contributed by atoms with Gasteiger partial charge in [-0.05, 0) is 0 Å². The topological polar surface area (TPSA) is 65.8 Å². The lowest BCUT2D eigenvalue weighted by Gasteiger charge is -1.89. The fourth-order valence-electron chi connectivity index (χ4n) is 0.572. The first-order valence-electron chi connectivity index (χ1n) is 2.88. The first-order chi connectivity index (χ1) is 5.36. The fraction of sp³-hybridized carbons (Fsp3) is 0.167. The number of thiazole rings is 1. The van der Waals surface area contributed by atoms with Crippen LogP contribution in [0, 0.1) is 11.3 Å². The van der Waals surface area contributed by atoms with Crippen molar-refractivity contribution in [2.24, 2.45) is 0 Å². The van der Waals surface area contributed by atoms with E-state index in [1.54, 1.807) is 5.38 Å². The fourth-order valence-corrected chi connectivity index (χ4v) is 1.24. The first kappa shape index (κ1) is 7.69. The summed E-state index contributed by atoms with van der Waals surface area (Å²) < 4.78 is 0. The van der Waals surface area contributed by atoms with Gasteiger partial charge >= 0.3 is 0 Å². The van der Waals surface area contributed by atoms with Gasteiger partial charge in [0.2, 0.25) is 6.41 Å². The Bertz CT molecular complexity index is 288. The third-order valence-corrected chi connectivity index (χ3v) is 1.85. The van der Waals surface area contributed by atoms with E-state index in [1.807, 2.05) is 6.07 Å². The molecule has 0 atom stereocenters. The second-order valence-corrected chi connectivity index (χ2v) is 2.68. The number of nitriles is 1. The molecule has 56 valence electrons. The van der Waals surface area contributed by atoms with Gasteiger partial charge in [-0.3, -0.25) is 4.79 Å². The van der Waals surface area contributed by atoms with E-state index in [4.69, 9.17) is 5.26 Å². The van der Waals surface area contributed by atoms with Crippen molar-refractivity contribution in [1.29, 1.82) is 5.26 Å². The van der Waals surface area contributed by atoms with E-state index in [-0.39, 0.29) is 0 Å². The molecule has 0 aliphatic rings. The van der Waals surface area contributed by atoms with Crippen molar-refractivity contribution in [3.63, 3.8) is 0 Å². The number of carbonyl (C=O) groups is 1. The molecule has 4 nitrogen and oxygen atoms in total. The number of aromatic nitrogens is 1. The summed E-state index contributed by atoms with van der Waals surface area (Å²) >= 11 is 1.36. The van der Waals surface area contributed by atoms with E-state index in [0.29, 0.717) is 18.6 Å². The zero-order valence-electron chi connectivity index (χ0n) is 5.57. The van der Waals surface area contributed by atoms with Crippen molar-refractivity contribution in [2.45, 2.75) is 6.54 Å². The van der Waals surface area contributed by atoms with Crippen molar-refractivity contribution in [2.75, 3.05) is 0 Å². The Balaban J connectivity index is 2.59. The monoisotopic (exact) mass is 167 g/mol. The summed E-state index contributed by atoms with van der Waals surface area (Å²) in [6.45, 7) is 0.399. The van der Waals surface area contributed by atoms with Crippen molar-refractivity contribution < 1.29 is 4.79 Å². The maximum absolute atomic E-state index is 9.86. The molecule has 0 fully saturated rings. The zero-order valence-corrected chi connectivity index (χ0v) is 6.39. The smallest absolute Gasteiger partial charge is 0.207 e. The Morgan fingerprint density at radius 2 is 2.73 bits per heavy atom. The van der Waals surface area contributed by atoms with Gasteiger partial charge in [-0.25, -0.2) is 4.98 Å². The van der Waals surface area contributed by atoms with E-state index in [0.717, 1.165) is 5.01 Å². The minimum atomic E-state index is 0.399. The van der Waals surface area contributed by atoms with Gasteiger partial charge < -0.3 is 5.32 Å². The van der Waals surface area contributed by atoms with Crippen LogP contribution in [0.15, 0.2) is 5.38 Å². The van der Waals surface area contributed by atoms with Crippen molar-refractivity contribution in [1.82, 2.24) is 10.3 Å². The number of carbonyl (C=O) groups excluding carboxylic acids is 1. The molecule has 0 aliphatic carbocycles. The Kier molecular flexibility index (Phi) is 2.58. The van der Waals surface area contributed by atoms with E-state index >= 15 is 0 Å². The number of amides is 1. The summed E-state index contributed by atoms with van der Waals surface area (Å²) in [7, 11) is 0. The Labute approximate surface area is 67.5 Å². The minimum absolute atomic E-state index is 0.399. The number of nitrogens with one attached hydrogen (secondary N) is 1. The predicted molar refractivity (Wildman–Crippen MR) is 39.7 cm³/mol. The highest BCUT2D eigenvalue weighted by atomic mass is 32.1. The molecule has 11 heavy (non-hydrogen) atoms. The summed E-state index contributed by atoms with van der Waals surface area (Å²) in [5.74, 6) is 0. The first-order valence-corrected chi connectivity index (χ1v) is 3.76. The van der Waals surface area contributed by atoms with Gasteiger partial charge in [-0.2, -0.15) is 5.26 Å². The maximum Gasteiger partial charge on any atom is 0.207 e. The van der Waals surface area contributed by atoms with Crippen LogP contribution in [-0.4, -0.2) is 11.4 Å². The van der Waals surface area contributed by atoms with E-state index in [2.05, 4.69) is 10.3 Å². The summed E-state index contributed by atoms with van der Waals surface area (Å²) in [4.78, 5) is 13.8. The Morgan fingerprint density at radius 1 is 1.91 bits per heavy atom. The summed E-state index contributed by atoms with van der Waals surface area (Å²) in [6, 6.07) is 1.91. The molecule has 1 heterocycles. The summed E-state index contributed by atoms with van der Waals surface area (Å²) in [6.07, 6.45) is 0.605. The van der Waals surface area contributed by atoms with Crippen molar-refractivity contribution >= 4 is 17.7 Å². The molecule has 0 aliphatic heterocycles. The third-order valence-electron chi connectivity index (χ3n) is 1.00. The van der Waals surface area contributed by atoms with Crippen LogP contribution in [0.25, 0.3) is 0 Å². The molecule has 0 spiro atoms. The molecular formula is C6H5N3OS. The van der Waals surface area contributed by atoms with Gasteiger partial charge in [0.25, 0.3) is 0 Å². The van der Waals surface area contributed by atoms with Crippen LogP contribution in [0.3, 0.4) is 0 Å². The van der Waals surface area contributed by atoms with Gasteiger partial charge in [0.1, 0.15) is 11.1 Å². The highest BCUT2D eigenvalue weighted by Gasteiger charge is 1.98. The molecule has 1 N–H and O–H groups in total. The molecule has 1 rings (SSSR count). The largest absolute Gasteiger partial charge is 0.352 e. The van der Waals surface area contributed by atoms with Gasteiger partial charge in [-0.1, -0.05) is 0 Å². The average Bonchev–Trinajstić information content (AvgIpc) is 2.48. The zero-order chi connectivity index (χ0) is 8.10. The lowest BCUT2D eigenvalue weighted by atomic mass is 10.5. The average molecular weight is 167 g/mol. The predicted octanol–water partition coefficient (Wildman–Crippen LogP) is 0.261. The molecule has 0 bridgehead atoms. The van der Waals surface area contributed by atoms with E-state index in [9.17, 15) is 4.79 Å². The molecule has 1 amide bonds. The second-order valence-electron chi connectivity index (χ2n) is 1.74. The minimum Gasteiger partial charge on any atom is -0.352 e. The normalized spacial score (nSPS) is 8.64. The quantitative estimate of drug-likeness (QED) is 0.657. The van der Waals surface area contributed by atoms with Gasteiger partial charge in [0, 0.05) is 5.38 Å². The molecule has 0 aromatic carbocycles. The Hall–Kier alpha value is -1.41. The SMILES string of the molecule is N#Cc1csc(CNC=O)n1. The molecule has 0 unspecified atom stereocenters. The van der Waals surface area contributed by atoms with Crippen LogP contribution in [0.4, 0.5) is 0 Å². The van der Waals surface area contributed by atoms with Crippen LogP contribution < -0.4 is 5.32 Å². The van der Waals surface area contributed by atoms with Gasteiger partial charge in [-0.15, -0.1) is 11.3 Å². The molecule has 1 aromatic heterocycles. The number of hydrogen-bond acceptors (Lipinski definition) is 4. The third kappa shape index (κ3) is 2.02. The lowest BCUT2D eigenvalue weighted by Crippen LogP contribution is -2.09. The molecular weight excluding hydrogens is 162 g/mol. The number of nitrogens with zero attached hydrogens (tertiary/aromatic N) is 2. The molecule has 5 heteroatoms. The van der Waals surface area contributed by atoms with Crippen LogP contribution in [0.2, 0.25) is 0 Å². The standard InChI is InChI=1S/C6H5N3OS/c7-1-5-3-11-6(9-5)2-8-4-10/h3-4H,2H2,(H,8,10). The molecule has 0 saturated carbocycles. The molecule has 0 radical (unpaired) electrons. The lowest BCUT2D eigenvalue weighted by molar-refractivity contribution is -0.109. The highest BCUT2D eigenvalue weighted by Crippen LogP contribution is 2.07. The number of hydrogen-bond donors (Lipinski definition) is 1. The van der Waals surface area contributed by atoms with Gasteiger partial charge in [0.15, 0.2) is 5.69 Å². The Morgan fingerprint density at radius 3 is 3.27 bits per heavy atom. The van der Waals surface area contributed by atoms with Crippen LogP contribution in [0.5, 0.6) is 0 Å². The van der Waals surface area contributed by atoms with Crippen molar-refractivity contribution in [3.8, 4) is 6.07 Å². The van der Waals surface area contributed by atoms with Crippen molar-refractivity contribution in [3.05, 3.63) is 16.1 Å². The summed E-state index contributed by atoms with van der Waals surface area (Å²) in [5.41, 5.74) is 0.401. The number of rotatable bonds is 3. The van der Waals surface area contributed by atoms with Crippen LogP contribution in [0.1, 0.15) is 10.7 Å². The molecule has 0 saturated heterocycles. The highest BCUT2D eigenvalue weighted by molar-refractivity contribution is 7.09. The van der Waals surface area contributed by atoms with Gasteiger partial charge in [0.05, 0.1) is 6.54 Å². The van der Waals surface area contributed by atoms with E-state index in [1.165, 1.54) is 11.3 Å². The van der Waals surface area contributed by atoms with Crippen LogP contribution in [-0.2, 0) is 11.3 Å². The maximum atomic E-state index is 9.86. The summed E-state index contributed by atoms with van der Waals surface area (Å²) in [5, 5.41) is 13.2. The second kappa shape index (κ2) is 3.68. The van der Waals surface area contributed by atoms with Crippen LogP contribution >= 0.6 is 11.3 Å². The van der Waals surface area contributed by atoms with E-state index < -0.39 is 0 Å².